The Morgan fingerprint density at radius 1 is 1.18 bits per heavy atom. The fourth-order valence-electron chi connectivity index (χ4n) is 5.01. The zero-order valence-corrected chi connectivity index (χ0v) is 21.9. The zero-order chi connectivity index (χ0) is 27.5. The highest BCUT2D eigenvalue weighted by Gasteiger charge is 2.27. The van der Waals surface area contributed by atoms with E-state index >= 15 is 0 Å². The predicted molar refractivity (Wildman–Crippen MR) is 148 cm³/mol. The van der Waals surface area contributed by atoms with Crippen molar-refractivity contribution in [2.75, 3.05) is 36.9 Å². The van der Waals surface area contributed by atoms with Gasteiger partial charge in [0.2, 0.25) is 17.7 Å². The Kier molecular flexibility index (Phi) is 7.15. The highest BCUT2D eigenvalue weighted by atomic mass is 16.6. The maximum Gasteiger partial charge on any atom is 0.253 e. The number of hydrogen-bond donors (Lipinski definition) is 3. The molecule has 4 aromatic rings. The van der Waals surface area contributed by atoms with Crippen molar-refractivity contribution in [3.8, 4) is 17.0 Å². The van der Waals surface area contributed by atoms with Gasteiger partial charge in [0.15, 0.2) is 5.65 Å². The first-order valence-corrected chi connectivity index (χ1v) is 13.3. The van der Waals surface area contributed by atoms with E-state index in [-0.39, 0.29) is 24.0 Å². The van der Waals surface area contributed by atoms with Crippen LogP contribution in [0.1, 0.15) is 29.6 Å². The molecule has 2 fully saturated rings. The lowest BCUT2D eigenvalue weighted by atomic mass is 10.0. The third-order valence-electron chi connectivity index (χ3n) is 7.06. The Bertz CT molecular complexity index is 1510. The molecule has 2 atom stereocenters. The Morgan fingerprint density at radius 3 is 2.80 bits per heavy atom. The summed E-state index contributed by atoms with van der Waals surface area (Å²) in [6.45, 7) is 5.83. The number of nitrogens with one attached hydrogen (secondary N) is 3. The van der Waals surface area contributed by atoms with Gasteiger partial charge in [-0.1, -0.05) is 6.58 Å². The minimum atomic E-state index is -0.298. The van der Waals surface area contributed by atoms with Crippen molar-refractivity contribution in [1.82, 2.24) is 29.7 Å². The molecule has 206 valence electrons. The van der Waals surface area contributed by atoms with E-state index < -0.39 is 0 Å². The van der Waals surface area contributed by atoms with E-state index in [2.05, 4.69) is 27.4 Å². The number of carbonyl (C=O) groups is 2. The molecule has 6 rings (SSSR count). The standard InChI is InChI=1S/C28H30N8O4/c1-2-25(37)31-20-7-5-18(6-8-20)26(38)35-12-3-4-21(16-35)32-28-33-24-10-9-23(19-14-29-30-15-19)27(36(24)34-28)40-22-11-13-39-17-22/h2,5-10,14-15,21-22H,1,3-4,11-13,16-17H2,(H,29,30)(H,31,37)(H,32,34)/t21-,22+/m1/s1. The number of fused-ring (bicyclic) bond motifs is 1. The summed E-state index contributed by atoms with van der Waals surface area (Å²) in [5.41, 5.74) is 3.56. The van der Waals surface area contributed by atoms with Gasteiger partial charge in [-0.2, -0.15) is 14.6 Å². The maximum absolute atomic E-state index is 13.2. The average Bonchev–Trinajstić information content (AvgIpc) is 3.76. The van der Waals surface area contributed by atoms with Crippen LogP contribution in [0.25, 0.3) is 16.8 Å². The topological polar surface area (TPSA) is 139 Å². The van der Waals surface area contributed by atoms with Crippen LogP contribution >= 0.6 is 0 Å². The van der Waals surface area contributed by atoms with Gasteiger partial charge in [-0.3, -0.25) is 14.7 Å². The molecule has 0 radical (unpaired) electrons. The van der Waals surface area contributed by atoms with Crippen molar-refractivity contribution < 1.29 is 19.1 Å². The van der Waals surface area contributed by atoms with Crippen LogP contribution < -0.4 is 15.4 Å². The number of pyridine rings is 1. The van der Waals surface area contributed by atoms with Crippen LogP contribution in [-0.4, -0.2) is 80.0 Å². The first kappa shape index (κ1) is 25.6. The van der Waals surface area contributed by atoms with Gasteiger partial charge in [0.05, 0.1) is 19.4 Å². The largest absolute Gasteiger partial charge is 0.471 e. The molecule has 12 heteroatoms. The van der Waals surface area contributed by atoms with E-state index in [0.29, 0.717) is 55.0 Å². The first-order chi connectivity index (χ1) is 19.6. The Balaban J connectivity index is 1.18. The number of rotatable bonds is 8. The van der Waals surface area contributed by atoms with E-state index in [1.807, 2.05) is 23.2 Å². The fraction of sp³-hybridized carbons (Fsp3) is 0.321. The van der Waals surface area contributed by atoms with Gasteiger partial charge in [0, 0.05) is 54.1 Å². The monoisotopic (exact) mass is 542 g/mol. The number of benzene rings is 1. The van der Waals surface area contributed by atoms with Crippen molar-refractivity contribution in [3.63, 3.8) is 0 Å². The lowest BCUT2D eigenvalue weighted by Gasteiger charge is -2.33. The number of anilines is 2. The summed E-state index contributed by atoms with van der Waals surface area (Å²) in [5.74, 6) is 0.699. The molecular weight excluding hydrogens is 512 g/mol. The van der Waals surface area contributed by atoms with Gasteiger partial charge in [-0.25, -0.2) is 0 Å². The minimum absolute atomic E-state index is 0.0118. The van der Waals surface area contributed by atoms with Crippen molar-refractivity contribution in [3.05, 3.63) is 67.0 Å². The van der Waals surface area contributed by atoms with Crippen molar-refractivity contribution in [2.45, 2.75) is 31.4 Å². The fourth-order valence-corrected chi connectivity index (χ4v) is 5.01. The summed E-state index contributed by atoms with van der Waals surface area (Å²) >= 11 is 0. The number of amides is 2. The molecule has 2 aliphatic heterocycles. The molecule has 2 saturated heterocycles. The molecule has 40 heavy (non-hydrogen) atoms. The number of ether oxygens (including phenoxy) is 2. The van der Waals surface area contributed by atoms with Crippen LogP contribution in [0.2, 0.25) is 0 Å². The second-order valence-electron chi connectivity index (χ2n) is 9.85. The third-order valence-corrected chi connectivity index (χ3v) is 7.06. The summed E-state index contributed by atoms with van der Waals surface area (Å²) in [5, 5.41) is 17.8. The summed E-state index contributed by atoms with van der Waals surface area (Å²) in [6, 6.07) is 10.7. The first-order valence-electron chi connectivity index (χ1n) is 13.3. The molecule has 0 aliphatic carbocycles. The normalized spacial score (nSPS) is 18.9. The smallest absolute Gasteiger partial charge is 0.253 e. The molecule has 0 saturated carbocycles. The second kappa shape index (κ2) is 11.2. The number of aromatic amines is 1. The van der Waals surface area contributed by atoms with Crippen LogP contribution in [0, 0.1) is 0 Å². The quantitative estimate of drug-likeness (QED) is 0.289. The molecule has 3 N–H and O–H groups in total. The van der Waals surface area contributed by atoms with Gasteiger partial charge < -0.3 is 25.0 Å². The summed E-state index contributed by atoms with van der Waals surface area (Å²) in [7, 11) is 0. The Labute approximate surface area is 230 Å². The highest BCUT2D eigenvalue weighted by Crippen LogP contribution is 2.32. The van der Waals surface area contributed by atoms with Crippen molar-refractivity contribution in [1.29, 1.82) is 0 Å². The molecule has 3 aromatic heterocycles. The number of aromatic nitrogens is 5. The zero-order valence-electron chi connectivity index (χ0n) is 21.9. The van der Waals surface area contributed by atoms with Gasteiger partial charge in [0.1, 0.15) is 6.10 Å². The number of nitrogens with zero attached hydrogens (tertiary/aromatic N) is 5. The van der Waals surface area contributed by atoms with E-state index in [9.17, 15) is 9.59 Å². The van der Waals surface area contributed by atoms with E-state index in [0.717, 1.165) is 30.4 Å². The lowest BCUT2D eigenvalue weighted by Crippen LogP contribution is -2.45. The molecule has 0 spiro atoms. The summed E-state index contributed by atoms with van der Waals surface area (Å²) < 4.78 is 13.6. The van der Waals surface area contributed by atoms with Crippen molar-refractivity contribution in [2.24, 2.45) is 0 Å². The summed E-state index contributed by atoms with van der Waals surface area (Å²) in [6.07, 6.45) is 7.23. The molecule has 2 amide bonds. The molecule has 2 aliphatic rings. The van der Waals surface area contributed by atoms with Crippen LogP contribution in [0.4, 0.5) is 11.6 Å². The van der Waals surface area contributed by atoms with E-state index in [4.69, 9.17) is 19.6 Å². The van der Waals surface area contributed by atoms with Crippen LogP contribution in [0.3, 0.4) is 0 Å². The highest BCUT2D eigenvalue weighted by molar-refractivity contribution is 5.99. The molecule has 5 heterocycles. The van der Waals surface area contributed by atoms with Crippen LogP contribution in [-0.2, 0) is 9.53 Å². The van der Waals surface area contributed by atoms with Gasteiger partial charge in [0.25, 0.3) is 5.91 Å². The SMILES string of the molecule is C=CC(=O)Nc1ccc(C(=O)N2CCC[C@@H](Nc3nc4ccc(-c5cn[nH]c5)c(O[C@H]5CCOC5)n4n3)C2)cc1. The Morgan fingerprint density at radius 2 is 2.05 bits per heavy atom. The second-order valence-corrected chi connectivity index (χ2v) is 9.85. The van der Waals surface area contributed by atoms with Crippen LogP contribution in [0.5, 0.6) is 5.88 Å². The number of piperidine rings is 1. The van der Waals surface area contributed by atoms with Gasteiger partial charge in [-0.05, 0) is 55.3 Å². The Hall–Kier alpha value is -4.71. The van der Waals surface area contributed by atoms with E-state index in [1.54, 1.807) is 35.0 Å². The minimum Gasteiger partial charge on any atom is -0.471 e. The number of likely N-dealkylation sites (tertiary alicyclic amines) is 1. The van der Waals surface area contributed by atoms with Crippen LogP contribution in [0.15, 0.2) is 61.4 Å². The number of H-pyrrole nitrogens is 1. The summed E-state index contributed by atoms with van der Waals surface area (Å²) in [4.78, 5) is 31.3. The maximum atomic E-state index is 13.2. The van der Waals surface area contributed by atoms with Gasteiger partial charge in [-0.15, -0.1) is 5.10 Å². The van der Waals surface area contributed by atoms with Crippen molar-refractivity contribution >= 4 is 29.1 Å². The average molecular weight is 543 g/mol. The molecular formula is C28H30N8O4. The lowest BCUT2D eigenvalue weighted by molar-refractivity contribution is -0.111. The number of hydrogen-bond acceptors (Lipinski definition) is 8. The molecule has 0 bridgehead atoms. The van der Waals surface area contributed by atoms with Gasteiger partial charge >= 0.3 is 0 Å². The molecule has 12 nitrogen and oxygen atoms in total. The predicted octanol–water partition coefficient (Wildman–Crippen LogP) is 3.13. The molecule has 1 aromatic carbocycles. The third kappa shape index (κ3) is 5.38. The number of carbonyl (C=O) groups excluding carboxylic acids is 2. The molecule has 0 unspecified atom stereocenters. The van der Waals surface area contributed by atoms with E-state index in [1.165, 1.54) is 6.08 Å².